The van der Waals surface area contributed by atoms with E-state index in [-0.39, 0.29) is 0 Å². The van der Waals surface area contributed by atoms with Crippen molar-refractivity contribution < 1.29 is 9.14 Å². The largest absolute Gasteiger partial charge is 0.308 e. The van der Waals surface area contributed by atoms with Crippen LogP contribution in [0.1, 0.15) is 0 Å². The van der Waals surface area contributed by atoms with Gasteiger partial charge in [-0.3, -0.25) is 9.48 Å². The van der Waals surface area contributed by atoms with E-state index in [1.165, 1.54) is 5.17 Å². The van der Waals surface area contributed by atoms with Gasteiger partial charge in [-0.15, -0.1) is 0 Å². The monoisotopic (exact) mass is 237 g/mol. The first-order valence-electron chi connectivity index (χ1n) is 5.63. The SMILES string of the molecule is CN1CC[N+](C)=C1SCC[n+]1ccccc1. The number of thioether (sulfide) groups is 1. The van der Waals surface area contributed by atoms with E-state index < -0.39 is 0 Å². The van der Waals surface area contributed by atoms with Crippen LogP contribution in [0.4, 0.5) is 0 Å². The molecule has 16 heavy (non-hydrogen) atoms. The molecule has 0 fully saturated rings. The summed E-state index contributed by atoms with van der Waals surface area (Å²) in [6.45, 7) is 3.37. The van der Waals surface area contributed by atoms with E-state index in [0.717, 1.165) is 25.4 Å². The molecule has 1 aliphatic heterocycles. The maximum atomic E-state index is 2.33. The lowest BCUT2D eigenvalue weighted by Crippen LogP contribution is -2.34. The number of hydrogen-bond acceptors (Lipinski definition) is 2. The zero-order valence-electron chi connectivity index (χ0n) is 9.97. The number of aromatic nitrogens is 1. The molecule has 0 aromatic carbocycles. The molecule has 3 nitrogen and oxygen atoms in total. The van der Waals surface area contributed by atoms with Gasteiger partial charge in [-0.05, 0) is 11.8 Å². The number of amidine groups is 1. The Bertz CT molecular complexity index is 375. The molecular weight excluding hydrogens is 218 g/mol. The van der Waals surface area contributed by atoms with Crippen molar-refractivity contribution in [3.05, 3.63) is 30.6 Å². The molecule has 0 bridgehead atoms. The van der Waals surface area contributed by atoms with Crippen LogP contribution in [0, 0.1) is 0 Å². The molecule has 0 saturated carbocycles. The second-order valence-corrected chi connectivity index (χ2v) is 5.15. The zero-order valence-corrected chi connectivity index (χ0v) is 10.8. The van der Waals surface area contributed by atoms with Crippen molar-refractivity contribution in [3.63, 3.8) is 0 Å². The average molecular weight is 237 g/mol. The number of pyridine rings is 1. The molecule has 0 unspecified atom stereocenters. The summed E-state index contributed by atoms with van der Waals surface area (Å²) >= 11 is 1.94. The maximum Gasteiger partial charge on any atom is 0.308 e. The molecule has 1 aliphatic rings. The molecule has 0 spiro atoms. The van der Waals surface area contributed by atoms with Crippen LogP contribution in [-0.4, -0.2) is 47.6 Å². The minimum Gasteiger partial charge on any atom is -0.255 e. The molecule has 1 aromatic rings. The van der Waals surface area contributed by atoms with Crippen LogP contribution in [0.15, 0.2) is 30.6 Å². The van der Waals surface area contributed by atoms with Crippen molar-refractivity contribution in [2.45, 2.75) is 6.54 Å². The highest BCUT2D eigenvalue weighted by Gasteiger charge is 2.25. The summed E-state index contributed by atoms with van der Waals surface area (Å²) in [6, 6.07) is 6.20. The second-order valence-electron chi connectivity index (χ2n) is 4.09. The van der Waals surface area contributed by atoms with E-state index in [2.05, 4.69) is 58.7 Å². The zero-order chi connectivity index (χ0) is 11.4. The first-order valence-corrected chi connectivity index (χ1v) is 6.62. The number of aryl methyl sites for hydroxylation is 1. The Kier molecular flexibility index (Phi) is 3.83. The smallest absolute Gasteiger partial charge is 0.255 e. The van der Waals surface area contributed by atoms with Gasteiger partial charge >= 0.3 is 5.17 Å². The lowest BCUT2D eigenvalue weighted by molar-refractivity contribution is -0.692. The normalized spacial score (nSPS) is 16.0. The van der Waals surface area contributed by atoms with E-state index in [4.69, 9.17) is 0 Å². The lowest BCUT2D eigenvalue weighted by Gasteiger charge is -2.04. The predicted octanol–water partition coefficient (Wildman–Crippen LogP) is 0.651. The standard InChI is InChI=1S/C12H19N3S/c1-13-8-9-14(2)12(13)16-11-10-15-6-4-3-5-7-15/h3-7H,8-11H2,1-2H3/q+2. The van der Waals surface area contributed by atoms with Crippen LogP contribution in [0.5, 0.6) is 0 Å². The Morgan fingerprint density at radius 3 is 2.69 bits per heavy atom. The Labute approximate surface area is 101 Å². The number of nitrogens with zero attached hydrogens (tertiary/aromatic N) is 3. The summed E-state index contributed by atoms with van der Waals surface area (Å²) in [7, 11) is 4.34. The fourth-order valence-corrected chi connectivity index (χ4v) is 2.94. The van der Waals surface area contributed by atoms with Crippen molar-refractivity contribution in [2.24, 2.45) is 0 Å². The molecule has 0 N–H and O–H groups in total. The molecule has 4 heteroatoms. The van der Waals surface area contributed by atoms with Crippen LogP contribution >= 0.6 is 11.8 Å². The topological polar surface area (TPSA) is 10.1 Å². The molecule has 86 valence electrons. The number of hydrogen-bond donors (Lipinski definition) is 0. The summed E-state index contributed by atoms with van der Waals surface area (Å²) in [5.41, 5.74) is 0. The van der Waals surface area contributed by atoms with Crippen molar-refractivity contribution in [1.29, 1.82) is 0 Å². The number of likely N-dealkylation sites (N-methyl/N-ethyl adjacent to an activating group) is 2. The summed E-state index contributed by atoms with van der Waals surface area (Å²) in [5.74, 6) is 1.12. The first-order chi connectivity index (χ1) is 7.77. The van der Waals surface area contributed by atoms with Gasteiger partial charge in [-0.1, -0.05) is 6.07 Å². The quantitative estimate of drug-likeness (QED) is 0.715. The van der Waals surface area contributed by atoms with Crippen molar-refractivity contribution in [2.75, 3.05) is 32.9 Å². The van der Waals surface area contributed by atoms with Gasteiger partial charge < -0.3 is 0 Å². The van der Waals surface area contributed by atoms with E-state index in [1.807, 2.05) is 11.8 Å². The summed E-state index contributed by atoms with van der Waals surface area (Å²) in [4.78, 5) is 2.33. The molecule has 2 heterocycles. The van der Waals surface area contributed by atoms with Gasteiger partial charge in [-0.25, -0.2) is 4.57 Å². The molecular formula is C12H19N3S+2. The Hall–Kier alpha value is -1.03. The molecule has 0 amide bonds. The van der Waals surface area contributed by atoms with Gasteiger partial charge in [0.1, 0.15) is 13.1 Å². The van der Waals surface area contributed by atoms with E-state index in [1.54, 1.807) is 0 Å². The fourth-order valence-electron chi connectivity index (χ4n) is 1.83. The van der Waals surface area contributed by atoms with E-state index in [9.17, 15) is 0 Å². The van der Waals surface area contributed by atoms with Crippen molar-refractivity contribution in [3.8, 4) is 0 Å². The van der Waals surface area contributed by atoms with Crippen LogP contribution in [0.3, 0.4) is 0 Å². The van der Waals surface area contributed by atoms with Gasteiger partial charge in [0.25, 0.3) is 0 Å². The predicted molar refractivity (Wildman–Crippen MR) is 67.8 cm³/mol. The highest BCUT2D eigenvalue weighted by Crippen LogP contribution is 2.10. The van der Waals surface area contributed by atoms with Gasteiger partial charge in [0.15, 0.2) is 18.9 Å². The third-order valence-corrected chi connectivity index (χ3v) is 4.05. The summed E-state index contributed by atoms with van der Waals surface area (Å²) in [6.07, 6.45) is 4.24. The molecule has 0 aliphatic carbocycles. The highest BCUT2D eigenvalue weighted by atomic mass is 32.2. The first kappa shape index (κ1) is 11.5. The van der Waals surface area contributed by atoms with E-state index in [0.29, 0.717) is 0 Å². The maximum absolute atomic E-state index is 2.33. The van der Waals surface area contributed by atoms with Crippen LogP contribution in [-0.2, 0) is 6.54 Å². The van der Waals surface area contributed by atoms with Gasteiger partial charge in [0.2, 0.25) is 0 Å². The Balaban J connectivity index is 1.83. The molecule has 1 aromatic heterocycles. The minimum atomic E-state index is 1.07. The summed E-state index contributed by atoms with van der Waals surface area (Å²) < 4.78 is 4.56. The average Bonchev–Trinajstić information content (AvgIpc) is 2.62. The minimum absolute atomic E-state index is 1.07. The van der Waals surface area contributed by atoms with Crippen LogP contribution in [0.2, 0.25) is 0 Å². The summed E-state index contributed by atoms with van der Waals surface area (Å²) in [5, 5.41) is 1.40. The van der Waals surface area contributed by atoms with Gasteiger partial charge in [0, 0.05) is 12.1 Å². The highest BCUT2D eigenvalue weighted by molar-refractivity contribution is 8.13. The van der Waals surface area contributed by atoms with Gasteiger partial charge in [-0.2, -0.15) is 0 Å². The third-order valence-electron chi connectivity index (χ3n) is 2.78. The van der Waals surface area contributed by atoms with Crippen LogP contribution < -0.4 is 4.57 Å². The van der Waals surface area contributed by atoms with Crippen LogP contribution in [0.25, 0.3) is 0 Å². The molecule has 0 atom stereocenters. The Morgan fingerprint density at radius 1 is 1.31 bits per heavy atom. The number of rotatable bonds is 3. The van der Waals surface area contributed by atoms with E-state index >= 15 is 0 Å². The van der Waals surface area contributed by atoms with Crippen molar-refractivity contribution in [1.82, 2.24) is 4.90 Å². The molecule has 0 saturated heterocycles. The molecule has 0 radical (unpaired) electrons. The third kappa shape index (κ3) is 2.76. The molecule has 2 rings (SSSR count). The Morgan fingerprint density at radius 2 is 2.06 bits per heavy atom. The second kappa shape index (κ2) is 5.34. The fraction of sp³-hybridized carbons (Fsp3) is 0.500. The van der Waals surface area contributed by atoms with Gasteiger partial charge in [0.05, 0.1) is 19.8 Å². The van der Waals surface area contributed by atoms with Crippen molar-refractivity contribution >= 4 is 16.9 Å². The lowest BCUT2D eigenvalue weighted by atomic mass is 10.5.